The Morgan fingerprint density at radius 3 is 2.43 bits per heavy atom. The van der Waals surface area contributed by atoms with Crippen LogP contribution in [0.2, 0.25) is 0 Å². The van der Waals surface area contributed by atoms with E-state index in [1.54, 1.807) is 6.07 Å². The predicted octanol–water partition coefficient (Wildman–Crippen LogP) is 3.91. The summed E-state index contributed by atoms with van der Waals surface area (Å²) in [6.45, 7) is 5.55. The van der Waals surface area contributed by atoms with Crippen molar-refractivity contribution in [3.05, 3.63) is 42.0 Å². The van der Waals surface area contributed by atoms with Crippen molar-refractivity contribution in [3.8, 4) is 17.5 Å². The summed E-state index contributed by atoms with van der Waals surface area (Å²) in [5, 5.41) is 0. The molecule has 0 spiro atoms. The third kappa shape index (κ3) is 4.05. The summed E-state index contributed by atoms with van der Waals surface area (Å²) in [5.74, 6) is -1.32. The van der Waals surface area contributed by atoms with E-state index in [0.717, 1.165) is 12.1 Å². The Hall–Kier alpha value is -2.37. The first-order chi connectivity index (χ1) is 9.74. The highest BCUT2D eigenvalue weighted by molar-refractivity contribution is 5.50. The van der Waals surface area contributed by atoms with Crippen LogP contribution in [0.25, 0.3) is 0 Å². The average molecular weight is 294 g/mol. The molecule has 2 N–H and O–H groups in total. The fraction of sp³-hybridized carbons (Fsp3) is 0.267. The minimum atomic E-state index is -0.813. The highest BCUT2D eigenvalue weighted by atomic mass is 19.1. The molecule has 112 valence electrons. The van der Waals surface area contributed by atoms with Gasteiger partial charge in [0, 0.05) is 12.1 Å². The van der Waals surface area contributed by atoms with Gasteiger partial charge in [-0.2, -0.15) is 4.98 Å². The van der Waals surface area contributed by atoms with Crippen LogP contribution in [0.15, 0.2) is 30.3 Å². The van der Waals surface area contributed by atoms with Crippen molar-refractivity contribution in [3.63, 3.8) is 0 Å². The van der Waals surface area contributed by atoms with Crippen LogP contribution in [-0.2, 0) is 0 Å². The number of aromatic nitrogens is 1. The van der Waals surface area contributed by atoms with Crippen molar-refractivity contribution in [1.82, 2.24) is 4.98 Å². The minimum absolute atomic E-state index is 0.106. The summed E-state index contributed by atoms with van der Waals surface area (Å²) >= 11 is 0. The fourth-order valence-corrected chi connectivity index (χ4v) is 1.53. The molecule has 0 aliphatic carbocycles. The van der Waals surface area contributed by atoms with E-state index in [2.05, 4.69) is 4.98 Å². The van der Waals surface area contributed by atoms with E-state index in [1.807, 2.05) is 20.8 Å². The van der Waals surface area contributed by atoms with Crippen LogP contribution in [-0.4, -0.2) is 10.6 Å². The standard InChI is InChI=1S/C15H16F2N2O2/c1-15(2,3)21-14-11(18)5-7-13(19-14)20-12-6-4-9(16)8-10(12)17/h4-8H,18H2,1-3H3. The molecule has 0 radical (unpaired) electrons. The summed E-state index contributed by atoms with van der Waals surface area (Å²) in [7, 11) is 0. The number of halogens is 2. The molecular weight excluding hydrogens is 278 g/mol. The Morgan fingerprint density at radius 2 is 1.81 bits per heavy atom. The van der Waals surface area contributed by atoms with Crippen molar-refractivity contribution >= 4 is 5.69 Å². The Bertz CT molecular complexity index is 655. The SMILES string of the molecule is CC(C)(C)Oc1nc(Oc2ccc(F)cc2F)ccc1N. The number of anilines is 1. The van der Waals surface area contributed by atoms with Gasteiger partial charge in [-0.1, -0.05) is 0 Å². The largest absolute Gasteiger partial charge is 0.470 e. The highest BCUT2D eigenvalue weighted by Crippen LogP contribution is 2.29. The topological polar surface area (TPSA) is 57.4 Å². The molecule has 0 atom stereocenters. The van der Waals surface area contributed by atoms with Gasteiger partial charge in [0.1, 0.15) is 11.4 Å². The first kappa shape index (κ1) is 15.0. The van der Waals surface area contributed by atoms with Gasteiger partial charge < -0.3 is 15.2 Å². The summed E-state index contributed by atoms with van der Waals surface area (Å²) in [4.78, 5) is 4.09. The van der Waals surface area contributed by atoms with Gasteiger partial charge in [-0.3, -0.25) is 0 Å². The van der Waals surface area contributed by atoms with Crippen LogP contribution < -0.4 is 15.2 Å². The Morgan fingerprint density at radius 1 is 1.10 bits per heavy atom. The molecule has 21 heavy (non-hydrogen) atoms. The molecule has 1 heterocycles. The lowest BCUT2D eigenvalue weighted by molar-refractivity contribution is 0.124. The molecule has 2 rings (SSSR count). The molecule has 0 unspecified atom stereocenters. The van der Waals surface area contributed by atoms with Crippen LogP contribution >= 0.6 is 0 Å². The van der Waals surface area contributed by atoms with Crippen molar-refractivity contribution in [2.75, 3.05) is 5.73 Å². The minimum Gasteiger partial charge on any atom is -0.470 e. The van der Waals surface area contributed by atoms with Gasteiger partial charge in [0.15, 0.2) is 11.6 Å². The average Bonchev–Trinajstić information content (AvgIpc) is 2.35. The maximum Gasteiger partial charge on any atom is 0.241 e. The monoisotopic (exact) mass is 294 g/mol. The van der Waals surface area contributed by atoms with E-state index in [4.69, 9.17) is 15.2 Å². The van der Waals surface area contributed by atoms with Gasteiger partial charge >= 0.3 is 0 Å². The second-order valence-corrected chi connectivity index (χ2v) is 5.44. The Balaban J connectivity index is 2.26. The van der Waals surface area contributed by atoms with Gasteiger partial charge in [-0.25, -0.2) is 8.78 Å². The fourth-order valence-electron chi connectivity index (χ4n) is 1.53. The Kier molecular flexibility index (Phi) is 3.97. The number of nitrogens with two attached hydrogens (primary N) is 1. The van der Waals surface area contributed by atoms with Gasteiger partial charge in [-0.05, 0) is 39.0 Å². The van der Waals surface area contributed by atoms with Crippen molar-refractivity contribution < 1.29 is 18.3 Å². The molecule has 0 amide bonds. The molecular formula is C15H16F2N2O2. The van der Waals surface area contributed by atoms with E-state index >= 15 is 0 Å². The van der Waals surface area contributed by atoms with Crippen LogP contribution in [0.1, 0.15) is 20.8 Å². The van der Waals surface area contributed by atoms with E-state index in [0.29, 0.717) is 5.69 Å². The number of nitrogen functional groups attached to an aromatic ring is 1. The zero-order valence-electron chi connectivity index (χ0n) is 12.0. The van der Waals surface area contributed by atoms with Crippen LogP contribution in [0.5, 0.6) is 17.5 Å². The lowest BCUT2D eigenvalue weighted by Gasteiger charge is -2.21. The van der Waals surface area contributed by atoms with E-state index in [-0.39, 0.29) is 17.5 Å². The van der Waals surface area contributed by atoms with Gasteiger partial charge in [0.25, 0.3) is 0 Å². The quantitative estimate of drug-likeness (QED) is 0.932. The number of hydrogen-bond donors (Lipinski definition) is 1. The number of nitrogens with zero attached hydrogens (tertiary/aromatic N) is 1. The van der Waals surface area contributed by atoms with Crippen LogP contribution in [0.3, 0.4) is 0 Å². The number of hydrogen-bond acceptors (Lipinski definition) is 4. The molecule has 1 aromatic carbocycles. The van der Waals surface area contributed by atoms with E-state index in [9.17, 15) is 8.78 Å². The summed E-state index contributed by atoms with van der Waals surface area (Å²) in [5.41, 5.74) is 5.63. The number of pyridine rings is 1. The molecule has 1 aromatic heterocycles. The maximum atomic E-state index is 13.5. The molecule has 0 aliphatic rings. The zero-order valence-corrected chi connectivity index (χ0v) is 12.0. The van der Waals surface area contributed by atoms with E-state index in [1.165, 1.54) is 12.1 Å². The van der Waals surface area contributed by atoms with Gasteiger partial charge in [0.05, 0.1) is 5.69 Å². The molecule has 4 nitrogen and oxygen atoms in total. The second kappa shape index (κ2) is 5.55. The maximum absolute atomic E-state index is 13.5. The molecule has 0 fully saturated rings. The first-order valence-corrected chi connectivity index (χ1v) is 6.33. The second-order valence-electron chi connectivity index (χ2n) is 5.44. The third-order valence-electron chi connectivity index (χ3n) is 2.38. The van der Waals surface area contributed by atoms with Gasteiger partial charge in [-0.15, -0.1) is 0 Å². The lowest BCUT2D eigenvalue weighted by Crippen LogP contribution is -2.24. The summed E-state index contributed by atoms with van der Waals surface area (Å²) in [6, 6.07) is 6.05. The number of ether oxygens (including phenoxy) is 2. The molecule has 0 aliphatic heterocycles. The van der Waals surface area contributed by atoms with Crippen molar-refractivity contribution in [2.45, 2.75) is 26.4 Å². The highest BCUT2D eigenvalue weighted by Gasteiger charge is 2.16. The third-order valence-corrected chi connectivity index (χ3v) is 2.38. The number of benzene rings is 1. The molecule has 0 saturated carbocycles. The van der Waals surface area contributed by atoms with E-state index < -0.39 is 17.2 Å². The first-order valence-electron chi connectivity index (χ1n) is 6.33. The predicted molar refractivity (Wildman–Crippen MR) is 75.5 cm³/mol. The molecule has 2 aromatic rings. The van der Waals surface area contributed by atoms with Gasteiger partial charge in [0.2, 0.25) is 11.8 Å². The molecule has 6 heteroatoms. The van der Waals surface area contributed by atoms with Crippen molar-refractivity contribution in [1.29, 1.82) is 0 Å². The van der Waals surface area contributed by atoms with Crippen molar-refractivity contribution in [2.24, 2.45) is 0 Å². The zero-order chi connectivity index (χ0) is 15.6. The summed E-state index contributed by atoms with van der Waals surface area (Å²) < 4.78 is 37.3. The lowest BCUT2D eigenvalue weighted by atomic mass is 10.2. The Labute approximate surface area is 121 Å². The van der Waals surface area contributed by atoms with Crippen LogP contribution in [0, 0.1) is 11.6 Å². The number of rotatable bonds is 3. The normalized spacial score (nSPS) is 11.3. The molecule has 0 bridgehead atoms. The molecule has 0 saturated heterocycles. The summed E-state index contributed by atoms with van der Waals surface area (Å²) in [6.07, 6.45) is 0. The van der Waals surface area contributed by atoms with Crippen LogP contribution in [0.4, 0.5) is 14.5 Å². The smallest absolute Gasteiger partial charge is 0.241 e.